The lowest BCUT2D eigenvalue weighted by atomic mass is 10.1. The van der Waals surface area contributed by atoms with Crippen molar-refractivity contribution in [2.45, 2.75) is 13.1 Å². The van der Waals surface area contributed by atoms with Gasteiger partial charge in [-0.25, -0.2) is 9.97 Å². The van der Waals surface area contributed by atoms with E-state index < -0.39 is 17.6 Å². The smallest absolute Gasteiger partial charge is 0.324 e. The summed E-state index contributed by atoms with van der Waals surface area (Å²) in [6.45, 7) is 1.96. The number of benzene rings is 2. The summed E-state index contributed by atoms with van der Waals surface area (Å²) in [6, 6.07) is 12.3. The van der Waals surface area contributed by atoms with Gasteiger partial charge in [-0.3, -0.25) is 4.79 Å². The van der Waals surface area contributed by atoms with Gasteiger partial charge in [0.25, 0.3) is 5.91 Å². The predicted molar refractivity (Wildman–Crippen MR) is 95.9 cm³/mol. The average molecular weight is 372 g/mol. The van der Waals surface area contributed by atoms with Crippen molar-refractivity contribution in [1.82, 2.24) is 9.97 Å². The fourth-order valence-corrected chi connectivity index (χ4v) is 2.31. The molecule has 5 nitrogen and oxygen atoms in total. The monoisotopic (exact) mass is 372 g/mol. The summed E-state index contributed by atoms with van der Waals surface area (Å²) in [4.78, 5) is 20.3. The van der Waals surface area contributed by atoms with Crippen LogP contribution in [-0.2, 0) is 6.18 Å². The van der Waals surface area contributed by atoms with E-state index in [9.17, 15) is 18.0 Å². The van der Waals surface area contributed by atoms with E-state index in [0.29, 0.717) is 0 Å². The van der Waals surface area contributed by atoms with Crippen molar-refractivity contribution >= 4 is 23.2 Å². The summed E-state index contributed by atoms with van der Waals surface area (Å²) in [7, 11) is 0. The van der Waals surface area contributed by atoms with Crippen LogP contribution in [0.3, 0.4) is 0 Å². The molecule has 1 amide bonds. The van der Waals surface area contributed by atoms with Crippen LogP contribution in [-0.4, -0.2) is 15.9 Å². The van der Waals surface area contributed by atoms with Crippen LogP contribution in [0.15, 0.2) is 60.9 Å². The second-order valence-corrected chi connectivity index (χ2v) is 5.78. The highest BCUT2D eigenvalue weighted by atomic mass is 19.4. The molecule has 0 fully saturated rings. The minimum Gasteiger partial charge on any atom is -0.324 e. The molecule has 8 heteroatoms. The number of rotatable bonds is 4. The van der Waals surface area contributed by atoms with Gasteiger partial charge in [0.05, 0.1) is 16.8 Å². The maximum Gasteiger partial charge on any atom is 0.418 e. The second kappa shape index (κ2) is 7.45. The molecule has 27 heavy (non-hydrogen) atoms. The first-order valence-electron chi connectivity index (χ1n) is 7.96. The minimum absolute atomic E-state index is 0.0430. The molecule has 0 aliphatic rings. The van der Waals surface area contributed by atoms with Crippen LogP contribution < -0.4 is 10.6 Å². The Morgan fingerprint density at radius 3 is 2.22 bits per heavy atom. The number of nitrogens with zero attached hydrogens (tertiary/aromatic N) is 2. The van der Waals surface area contributed by atoms with E-state index in [0.717, 1.165) is 17.3 Å². The molecule has 0 spiro atoms. The zero-order chi connectivity index (χ0) is 19.4. The zero-order valence-corrected chi connectivity index (χ0v) is 14.2. The number of aryl methyl sites for hydroxylation is 1. The van der Waals surface area contributed by atoms with Gasteiger partial charge in [-0.1, -0.05) is 29.8 Å². The number of nitrogens with one attached hydrogen (secondary N) is 2. The lowest BCUT2D eigenvalue weighted by Crippen LogP contribution is -2.17. The third kappa shape index (κ3) is 4.60. The number of aromatic nitrogens is 2. The molecule has 2 N–H and O–H groups in total. The van der Waals surface area contributed by atoms with Crippen molar-refractivity contribution in [3.63, 3.8) is 0 Å². The van der Waals surface area contributed by atoms with Crippen LogP contribution in [0.4, 0.5) is 30.5 Å². The largest absolute Gasteiger partial charge is 0.418 e. The van der Waals surface area contributed by atoms with Crippen molar-refractivity contribution in [1.29, 1.82) is 0 Å². The van der Waals surface area contributed by atoms with Crippen molar-refractivity contribution in [3.8, 4) is 0 Å². The molecule has 1 aromatic heterocycles. The van der Waals surface area contributed by atoms with Crippen molar-refractivity contribution in [2.75, 3.05) is 10.6 Å². The van der Waals surface area contributed by atoms with Gasteiger partial charge in [0.2, 0.25) is 5.95 Å². The molecule has 0 aliphatic carbocycles. The molecule has 0 bridgehead atoms. The van der Waals surface area contributed by atoms with Gasteiger partial charge < -0.3 is 10.6 Å². The number of hydrogen-bond donors (Lipinski definition) is 2. The molecule has 138 valence electrons. The van der Waals surface area contributed by atoms with Crippen molar-refractivity contribution in [3.05, 3.63) is 77.6 Å². The number of carbonyl (C=O) groups is 1. The summed E-state index contributed by atoms with van der Waals surface area (Å²) in [5, 5.41) is 5.22. The Hall–Kier alpha value is -3.42. The average Bonchev–Trinajstić information content (AvgIpc) is 2.64. The summed E-state index contributed by atoms with van der Waals surface area (Å²) in [5.41, 5.74) is 0.680. The first-order valence-corrected chi connectivity index (χ1v) is 7.96. The Bertz CT molecular complexity index is 938. The van der Waals surface area contributed by atoms with Gasteiger partial charge in [-0.05, 0) is 31.2 Å². The maximum atomic E-state index is 13.0. The highest BCUT2D eigenvalue weighted by Gasteiger charge is 2.33. The molecule has 0 aliphatic heterocycles. The number of para-hydroxylation sites is 1. The molecule has 1 heterocycles. The molecule has 0 saturated carbocycles. The highest BCUT2D eigenvalue weighted by Crippen LogP contribution is 2.34. The SMILES string of the molecule is Cc1ccc(Nc2ncc(C(=O)Nc3ccccc3C(F)(F)F)cn2)cc1. The van der Waals surface area contributed by atoms with Crippen LogP contribution in [0, 0.1) is 6.92 Å². The Labute approximate surface area is 153 Å². The van der Waals surface area contributed by atoms with E-state index >= 15 is 0 Å². The number of hydrogen-bond acceptors (Lipinski definition) is 4. The number of anilines is 3. The second-order valence-electron chi connectivity index (χ2n) is 5.78. The molecule has 2 aromatic carbocycles. The summed E-state index contributed by atoms with van der Waals surface area (Å²) < 4.78 is 39.0. The quantitative estimate of drug-likeness (QED) is 0.690. The van der Waals surface area contributed by atoms with Gasteiger partial charge in [-0.15, -0.1) is 0 Å². The lowest BCUT2D eigenvalue weighted by molar-refractivity contribution is -0.136. The van der Waals surface area contributed by atoms with E-state index in [2.05, 4.69) is 20.6 Å². The maximum absolute atomic E-state index is 13.0. The molecule has 0 radical (unpaired) electrons. The molecule has 0 unspecified atom stereocenters. The van der Waals surface area contributed by atoms with Crippen molar-refractivity contribution in [2.24, 2.45) is 0 Å². The van der Waals surface area contributed by atoms with Crippen molar-refractivity contribution < 1.29 is 18.0 Å². The summed E-state index contributed by atoms with van der Waals surface area (Å²) >= 11 is 0. The first kappa shape index (κ1) is 18.4. The van der Waals surface area contributed by atoms with Crippen LogP contribution in [0.25, 0.3) is 0 Å². The number of carbonyl (C=O) groups excluding carboxylic acids is 1. The van der Waals surface area contributed by atoms with E-state index in [-0.39, 0.29) is 17.2 Å². The van der Waals surface area contributed by atoms with Gasteiger partial charge in [-0.2, -0.15) is 13.2 Å². The Morgan fingerprint density at radius 1 is 0.963 bits per heavy atom. The summed E-state index contributed by atoms with van der Waals surface area (Å²) in [6.07, 6.45) is -2.08. The van der Waals surface area contributed by atoms with E-state index in [1.807, 2.05) is 31.2 Å². The Morgan fingerprint density at radius 2 is 1.59 bits per heavy atom. The van der Waals surface area contributed by atoms with E-state index in [1.165, 1.54) is 30.6 Å². The first-order chi connectivity index (χ1) is 12.8. The fourth-order valence-electron chi connectivity index (χ4n) is 2.31. The highest BCUT2D eigenvalue weighted by molar-refractivity contribution is 6.04. The summed E-state index contributed by atoms with van der Waals surface area (Å²) in [5.74, 6) is -0.459. The molecular weight excluding hydrogens is 357 g/mol. The van der Waals surface area contributed by atoms with E-state index in [4.69, 9.17) is 0 Å². The molecule has 3 rings (SSSR count). The molecule has 0 saturated heterocycles. The van der Waals surface area contributed by atoms with Gasteiger partial charge in [0, 0.05) is 18.1 Å². The van der Waals surface area contributed by atoms with Crippen LogP contribution >= 0.6 is 0 Å². The van der Waals surface area contributed by atoms with Crippen LogP contribution in [0.5, 0.6) is 0 Å². The molecule has 0 atom stereocenters. The predicted octanol–water partition coefficient (Wildman–Crippen LogP) is 4.80. The third-order valence-corrected chi connectivity index (χ3v) is 3.70. The van der Waals surface area contributed by atoms with E-state index in [1.54, 1.807) is 0 Å². The van der Waals surface area contributed by atoms with Gasteiger partial charge >= 0.3 is 6.18 Å². The van der Waals surface area contributed by atoms with Crippen LogP contribution in [0.2, 0.25) is 0 Å². The molecule has 3 aromatic rings. The normalized spacial score (nSPS) is 11.1. The Balaban J connectivity index is 1.72. The lowest BCUT2D eigenvalue weighted by Gasteiger charge is -2.13. The van der Waals surface area contributed by atoms with Gasteiger partial charge in [0.1, 0.15) is 0 Å². The number of alkyl halides is 3. The number of amides is 1. The topological polar surface area (TPSA) is 66.9 Å². The molecular formula is C19H15F3N4O. The standard InChI is InChI=1S/C19H15F3N4O/c1-12-6-8-14(9-7-12)25-18-23-10-13(11-24-18)17(27)26-16-5-3-2-4-15(16)19(20,21)22/h2-11H,1H3,(H,26,27)(H,23,24,25). The zero-order valence-electron chi connectivity index (χ0n) is 14.2. The third-order valence-electron chi connectivity index (χ3n) is 3.70. The fraction of sp³-hybridized carbons (Fsp3) is 0.105. The Kier molecular flexibility index (Phi) is 5.07. The minimum atomic E-state index is -4.57. The van der Waals surface area contributed by atoms with Gasteiger partial charge in [0.15, 0.2) is 0 Å². The number of halogens is 3. The van der Waals surface area contributed by atoms with Crippen LogP contribution in [0.1, 0.15) is 21.5 Å².